The number of aromatic nitrogens is 1. The zero-order valence-electron chi connectivity index (χ0n) is 17.1. The van der Waals surface area contributed by atoms with E-state index in [1.807, 2.05) is 0 Å². The fraction of sp³-hybridized carbons (Fsp3) is 0.333. The highest BCUT2D eigenvalue weighted by atomic mass is 19.1. The van der Waals surface area contributed by atoms with Crippen LogP contribution in [0.3, 0.4) is 0 Å². The molecule has 1 aliphatic heterocycles. The molecule has 2 aromatic carbocycles. The van der Waals surface area contributed by atoms with Gasteiger partial charge in [-0.1, -0.05) is 23.8 Å². The Bertz CT molecular complexity index is 1130. The van der Waals surface area contributed by atoms with Crippen LogP contribution in [-0.4, -0.2) is 29.8 Å². The summed E-state index contributed by atoms with van der Waals surface area (Å²) in [5.74, 6) is -0.375. The maximum Gasteiger partial charge on any atom is 0.295 e. The third-order valence-electron chi connectivity index (χ3n) is 6.43. The summed E-state index contributed by atoms with van der Waals surface area (Å²) in [6.07, 6.45) is 4.95. The molecule has 1 aliphatic carbocycles. The molecule has 30 heavy (non-hydrogen) atoms. The molecule has 2 N–H and O–H groups in total. The van der Waals surface area contributed by atoms with Gasteiger partial charge < -0.3 is 9.47 Å². The molecule has 0 fully saturated rings. The van der Waals surface area contributed by atoms with E-state index in [4.69, 9.17) is 0 Å². The molecule has 1 amide bonds. The number of carbonyl (C=O) groups is 1. The summed E-state index contributed by atoms with van der Waals surface area (Å²) in [7, 11) is 0. The zero-order chi connectivity index (χ0) is 20.7. The van der Waals surface area contributed by atoms with Crippen LogP contribution in [0.5, 0.6) is 0 Å². The number of halogens is 1. The molecule has 0 bridgehead atoms. The number of nitrogens with zero attached hydrogens (tertiary/aromatic N) is 2. The molecule has 5 nitrogen and oxygen atoms in total. The monoisotopic (exact) mass is 405 g/mol. The molecular weight excluding hydrogens is 379 g/mol. The Labute approximate surface area is 175 Å². The van der Waals surface area contributed by atoms with Crippen molar-refractivity contribution < 1.29 is 14.1 Å². The van der Waals surface area contributed by atoms with Crippen LogP contribution in [0, 0.1) is 12.7 Å². The standard InChI is InChI=1S/C24H25FN4O/c1-16-5-10-21-20(13-16)19-3-2-4-22-24(19)29(21)12-11-28(22)15-23(30)27-26-14-17-6-8-18(25)9-7-17/h5-10,13-14,22H,2-4,11-12,15H2,1H3,(H,27,30)/p+1/b26-14-/t22-/m0/s1. The molecule has 5 rings (SSSR count). The molecule has 154 valence electrons. The predicted molar refractivity (Wildman–Crippen MR) is 115 cm³/mol. The van der Waals surface area contributed by atoms with Gasteiger partial charge in [-0.3, -0.25) is 4.79 Å². The SMILES string of the molecule is Cc1ccc2c(c1)c1c3n2CC[NH+](CC(=O)N/N=C\c2ccc(F)cc2)[C@H]3CCC1. The molecular formula is C24H26FN4O+. The summed E-state index contributed by atoms with van der Waals surface area (Å²) in [6, 6.07) is 13.1. The van der Waals surface area contributed by atoms with Gasteiger partial charge in [0.25, 0.3) is 5.91 Å². The average Bonchev–Trinajstić information content (AvgIpc) is 3.06. The minimum Gasteiger partial charge on any atom is -0.334 e. The van der Waals surface area contributed by atoms with Crippen molar-refractivity contribution in [3.05, 3.63) is 70.7 Å². The van der Waals surface area contributed by atoms with E-state index in [2.05, 4.69) is 40.2 Å². The minimum absolute atomic E-state index is 0.0871. The normalized spacial score (nSPS) is 20.5. The Morgan fingerprint density at radius 1 is 1.30 bits per heavy atom. The van der Waals surface area contributed by atoms with Crippen molar-refractivity contribution in [3.63, 3.8) is 0 Å². The van der Waals surface area contributed by atoms with Gasteiger partial charge in [-0.2, -0.15) is 5.10 Å². The number of hydrazone groups is 1. The maximum atomic E-state index is 13.0. The Hall–Kier alpha value is -2.99. The Kier molecular flexibility index (Phi) is 4.87. The Balaban J connectivity index is 1.32. The lowest BCUT2D eigenvalue weighted by atomic mass is 9.89. The fourth-order valence-corrected chi connectivity index (χ4v) is 5.09. The van der Waals surface area contributed by atoms with Gasteiger partial charge in [0.1, 0.15) is 11.9 Å². The summed E-state index contributed by atoms with van der Waals surface area (Å²) in [5, 5.41) is 5.44. The van der Waals surface area contributed by atoms with Crippen molar-refractivity contribution >= 4 is 23.0 Å². The van der Waals surface area contributed by atoms with E-state index in [0.717, 1.165) is 31.5 Å². The first kappa shape index (κ1) is 19.0. The number of fused-ring (bicyclic) bond motifs is 3. The summed E-state index contributed by atoms with van der Waals surface area (Å²) < 4.78 is 15.5. The molecule has 0 spiro atoms. The van der Waals surface area contributed by atoms with E-state index in [0.29, 0.717) is 12.6 Å². The molecule has 1 unspecified atom stereocenters. The highest BCUT2D eigenvalue weighted by Gasteiger charge is 2.38. The highest BCUT2D eigenvalue weighted by Crippen LogP contribution is 2.37. The third-order valence-corrected chi connectivity index (χ3v) is 6.43. The van der Waals surface area contributed by atoms with E-state index < -0.39 is 0 Å². The van der Waals surface area contributed by atoms with Crippen molar-refractivity contribution in [1.29, 1.82) is 0 Å². The average molecular weight is 405 g/mol. The summed E-state index contributed by atoms with van der Waals surface area (Å²) in [6.45, 7) is 4.43. The smallest absolute Gasteiger partial charge is 0.295 e. The van der Waals surface area contributed by atoms with Crippen molar-refractivity contribution in [2.75, 3.05) is 13.1 Å². The van der Waals surface area contributed by atoms with Crippen molar-refractivity contribution in [2.24, 2.45) is 5.10 Å². The van der Waals surface area contributed by atoms with E-state index in [9.17, 15) is 9.18 Å². The molecule has 0 radical (unpaired) electrons. The van der Waals surface area contributed by atoms with Crippen molar-refractivity contribution in [3.8, 4) is 0 Å². The van der Waals surface area contributed by atoms with Crippen LogP contribution < -0.4 is 10.3 Å². The van der Waals surface area contributed by atoms with Gasteiger partial charge >= 0.3 is 0 Å². The van der Waals surface area contributed by atoms with E-state index in [-0.39, 0.29) is 11.7 Å². The Morgan fingerprint density at radius 3 is 2.97 bits per heavy atom. The molecule has 1 aromatic heterocycles. The number of benzene rings is 2. The van der Waals surface area contributed by atoms with E-state index in [1.165, 1.54) is 51.2 Å². The lowest BCUT2D eigenvalue weighted by Gasteiger charge is -2.36. The van der Waals surface area contributed by atoms with Crippen LogP contribution in [0.1, 0.15) is 41.3 Å². The zero-order valence-corrected chi connectivity index (χ0v) is 17.1. The number of rotatable bonds is 4. The van der Waals surface area contributed by atoms with Gasteiger partial charge in [0.2, 0.25) is 0 Å². The van der Waals surface area contributed by atoms with Gasteiger partial charge in [0.15, 0.2) is 6.54 Å². The number of carbonyl (C=O) groups excluding carboxylic acids is 1. The summed E-state index contributed by atoms with van der Waals surface area (Å²) in [4.78, 5) is 13.9. The topological polar surface area (TPSA) is 50.8 Å². The number of hydrogen-bond acceptors (Lipinski definition) is 2. The molecule has 2 atom stereocenters. The second-order valence-corrected chi connectivity index (χ2v) is 8.41. The van der Waals surface area contributed by atoms with Crippen LogP contribution in [0.2, 0.25) is 0 Å². The first-order valence-electron chi connectivity index (χ1n) is 10.6. The van der Waals surface area contributed by atoms with Gasteiger partial charge in [-0.25, -0.2) is 9.82 Å². The van der Waals surface area contributed by atoms with E-state index in [1.54, 1.807) is 18.3 Å². The fourth-order valence-electron chi connectivity index (χ4n) is 5.09. The van der Waals surface area contributed by atoms with Gasteiger partial charge in [-0.15, -0.1) is 0 Å². The van der Waals surface area contributed by atoms with Crippen LogP contribution >= 0.6 is 0 Å². The Morgan fingerprint density at radius 2 is 2.13 bits per heavy atom. The molecule has 6 heteroatoms. The number of amides is 1. The predicted octanol–water partition coefficient (Wildman–Crippen LogP) is 2.52. The molecule has 2 heterocycles. The van der Waals surface area contributed by atoms with Crippen LogP contribution in [0.15, 0.2) is 47.6 Å². The number of quaternary nitrogens is 1. The third kappa shape index (κ3) is 3.41. The number of hydrogen-bond donors (Lipinski definition) is 2. The van der Waals surface area contributed by atoms with Crippen LogP contribution in [-0.2, 0) is 17.8 Å². The second kappa shape index (κ2) is 7.69. The van der Waals surface area contributed by atoms with Gasteiger partial charge in [-0.05, 0) is 55.2 Å². The van der Waals surface area contributed by atoms with E-state index >= 15 is 0 Å². The lowest BCUT2D eigenvalue weighted by molar-refractivity contribution is -0.929. The van der Waals surface area contributed by atoms with Gasteiger partial charge in [0.05, 0.1) is 25.0 Å². The second-order valence-electron chi connectivity index (χ2n) is 8.41. The first-order valence-corrected chi connectivity index (χ1v) is 10.6. The molecule has 3 aromatic rings. The van der Waals surface area contributed by atoms with Crippen LogP contribution in [0.4, 0.5) is 4.39 Å². The molecule has 2 aliphatic rings. The van der Waals surface area contributed by atoms with Crippen molar-refractivity contribution in [2.45, 2.75) is 38.8 Å². The minimum atomic E-state index is -0.288. The van der Waals surface area contributed by atoms with Crippen LogP contribution in [0.25, 0.3) is 10.9 Å². The summed E-state index contributed by atoms with van der Waals surface area (Å²) in [5.41, 5.74) is 8.94. The molecule has 0 saturated carbocycles. The van der Waals surface area contributed by atoms with Crippen molar-refractivity contribution in [1.82, 2.24) is 9.99 Å². The summed E-state index contributed by atoms with van der Waals surface area (Å²) >= 11 is 0. The maximum absolute atomic E-state index is 13.0. The first-order chi connectivity index (χ1) is 14.6. The lowest BCUT2D eigenvalue weighted by Crippen LogP contribution is -3.14. The number of nitrogens with one attached hydrogen (secondary N) is 2. The number of aryl methyl sites for hydroxylation is 2. The largest absolute Gasteiger partial charge is 0.334 e. The highest BCUT2D eigenvalue weighted by molar-refractivity contribution is 5.87. The molecule has 0 saturated heterocycles. The van der Waals surface area contributed by atoms with Gasteiger partial charge in [0, 0.05) is 17.3 Å². The quantitative estimate of drug-likeness (QED) is 0.509.